The minimum absolute atomic E-state index is 0.337. The van der Waals surface area contributed by atoms with Crippen LogP contribution < -0.4 is 0 Å². The van der Waals surface area contributed by atoms with E-state index in [1.54, 1.807) is 0 Å². The van der Waals surface area contributed by atoms with Gasteiger partial charge in [-0.15, -0.1) is 11.3 Å². The van der Waals surface area contributed by atoms with Crippen LogP contribution in [0.4, 0.5) is 0 Å². The highest BCUT2D eigenvalue weighted by molar-refractivity contribution is 7.26. The van der Waals surface area contributed by atoms with Crippen LogP contribution in [0, 0.1) is 13.8 Å². The number of nitrogens with zero attached hydrogens (tertiary/aromatic N) is 2. The molecule has 42 heavy (non-hydrogen) atoms. The van der Waals surface area contributed by atoms with E-state index in [-0.39, 0.29) is 0 Å². The summed E-state index contributed by atoms with van der Waals surface area (Å²) in [7, 11) is 0. The molecule has 0 aliphatic heterocycles. The second-order valence-corrected chi connectivity index (χ2v) is 13.3. The number of hydrogen-bond acceptors (Lipinski definition) is 2. The topological polar surface area (TPSA) is 17.8 Å². The average Bonchev–Trinajstić information content (AvgIpc) is 3.55. The summed E-state index contributed by atoms with van der Waals surface area (Å²) in [5, 5.41) is 2.65. The fourth-order valence-electron chi connectivity index (χ4n) is 6.43. The van der Waals surface area contributed by atoms with Gasteiger partial charge in [0.15, 0.2) is 0 Å². The molecule has 0 radical (unpaired) electrons. The molecule has 2 aromatic heterocycles. The molecule has 2 heterocycles. The molecule has 0 fully saturated rings. The van der Waals surface area contributed by atoms with E-state index in [2.05, 4.69) is 143 Å². The van der Waals surface area contributed by atoms with Crippen molar-refractivity contribution in [3.05, 3.63) is 119 Å². The van der Waals surface area contributed by atoms with E-state index in [0.29, 0.717) is 11.8 Å². The summed E-state index contributed by atoms with van der Waals surface area (Å²) < 4.78 is 5.14. The Morgan fingerprint density at radius 1 is 0.643 bits per heavy atom. The van der Waals surface area contributed by atoms with Crippen molar-refractivity contribution in [2.75, 3.05) is 0 Å². The summed E-state index contributed by atoms with van der Waals surface area (Å²) in [6.45, 7) is 13.7. The highest BCUT2D eigenvalue weighted by atomic mass is 32.1. The lowest BCUT2D eigenvalue weighted by atomic mass is 9.88. The van der Waals surface area contributed by atoms with Crippen LogP contribution in [0.5, 0.6) is 0 Å². The third-order valence-corrected chi connectivity index (χ3v) is 9.79. The van der Waals surface area contributed by atoms with E-state index < -0.39 is 0 Å². The lowest BCUT2D eigenvalue weighted by Crippen LogP contribution is -2.09. The zero-order valence-corrected chi connectivity index (χ0v) is 26.0. The van der Waals surface area contributed by atoms with E-state index in [0.717, 1.165) is 22.4 Å². The number of hydrogen-bond donors (Lipinski definition) is 0. The van der Waals surface area contributed by atoms with Gasteiger partial charge in [-0.25, -0.2) is 4.98 Å². The summed E-state index contributed by atoms with van der Waals surface area (Å²) >= 11 is 1.89. The number of benzene rings is 5. The van der Waals surface area contributed by atoms with E-state index >= 15 is 0 Å². The minimum atomic E-state index is 0.337. The molecular formula is C39H36N2S. The van der Waals surface area contributed by atoms with Crippen molar-refractivity contribution in [1.29, 1.82) is 0 Å². The molecule has 0 aliphatic carbocycles. The lowest BCUT2D eigenvalue weighted by molar-refractivity contribution is 0.811. The Balaban J connectivity index is 1.55. The van der Waals surface area contributed by atoms with Gasteiger partial charge >= 0.3 is 0 Å². The minimum Gasteiger partial charge on any atom is -0.292 e. The molecular weight excluding hydrogens is 529 g/mol. The molecule has 7 rings (SSSR count). The largest absolute Gasteiger partial charge is 0.292 e. The van der Waals surface area contributed by atoms with Crippen LogP contribution in [0.15, 0.2) is 97.1 Å². The maximum atomic E-state index is 5.31. The number of fused-ring (bicyclic) bond motifs is 4. The van der Waals surface area contributed by atoms with Gasteiger partial charge < -0.3 is 0 Å². The SMILES string of the molecule is Cc1cc(C)c2sc3ccc(-c4nc5ccccc5n4-c4c(C(C)C)cc(-c5ccccc5)cc4C(C)C)cc3c2c1. The highest BCUT2D eigenvalue weighted by Gasteiger charge is 2.24. The van der Waals surface area contributed by atoms with Gasteiger partial charge in [-0.3, -0.25) is 4.57 Å². The summed E-state index contributed by atoms with van der Waals surface area (Å²) in [4.78, 5) is 5.31. The molecule has 0 unspecified atom stereocenters. The number of para-hydroxylation sites is 2. The first-order valence-electron chi connectivity index (χ1n) is 14.9. The first kappa shape index (κ1) is 26.7. The Morgan fingerprint density at radius 3 is 2.05 bits per heavy atom. The van der Waals surface area contributed by atoms with Gasteiger partial charge in [-0.05, 0) is 102 Å². The van der Waals surface area contributed by atoms with Crippen LogP contribution in [0.2, 0.25) is 0 Å². The Labute approximate surface area is 252 Å². The molecule has 0 atom stereocenters. The molecule has 0 saturated carbocycles. The molecule has 0 spiro atoms. The number of rotatable bonds is 5. The van der Waals surface area contributed by atoms with E-state index in [9.17, 15) is 0 Å². The second kappa shape index (κ2) is 10.3. The average molecular weight is 565 g/mol. The van der Waals surface area contributed by atoms with E-state index in [1.807, 2.05) is 11.3 Å². The molecule has 0 bridgehead atoms. The molecule has 3 heteroatoms. The van der Waals surface area contributed by atoms with Gasteiger partial charge in [0.25, 0.3) is 0 Å². The first-order valence-corrected chi connectivity index (χ1v) is 15.8. The van der Waals surface area contributed by atoms with Crippen LogP contribution in [-0.2, 0) is 0 Å². The molecule has 2 nitrogen and oxygen atoms in total. The summed E-state index contributed by atoms with van der Waals surface area (Å²) in [6, 6.07) is 35.7. The first-order chi connectivity index (χ1) is 20.3. The Hall–Kier alpha value is -4.21. The van der Waals surface area contributed by atoms with Gasteiger partial charge in [0, 0.05) is 25.7 Å². The lowest BCUT2D eigenvalue weighted by Gasteiger charge is -2.24. The Kier molecular flexibility index (Phi) is 6.51. The van der Waals surface area contributed by atoms with Crippen LogP contribution in [-0.4, -0.2) is 9.55 Å². The van der Waals surface area contributed by atoms with Crippen molar-refractivity contribution in [2.24, 2.45) is 0 Å². The fraction of sp³-hybridized carbons (Fsp3) is 0.205. The summed E-state index contributed by atoms with van der Waals surface area (Å²) in [6.07, 6.45) is 0. The standard InChI is InChI=1S/C39H36N2S/c1-23(2)30-21-29(27-12-8-7-9-13-27)22-31(24(3)4)37(30)41-35-15-11-10-14-34(35)40-39(41)28-16-17-36-32(20-28)33-19-25(5)18-26(6)38(33)42-36/h7-24H,1-6H3. The molecule has 0 N–H and O–H groups in total. The number of imidazole rings is 1. The van der Waals surface area contributed by atoms with Gasteiger partial charge in [0.2, 0.25) is 0 Å². The zero-order valence-electron chi connectivity index (χ0n) is 25.2. The van der Waals surface area contributed by atoms with Crippen LogP contribution in [0.3, 0.4) is 0 Å². The highest BCUT2D eigenvalue weighted by Crippen LogP contribution is 2.42. The molecule has 0 aliphatic rings. The zero-order chi connectivity index (χ0) is 29.1. The summed E-state index contributed by atoms with van der Waals surface area (Å²) in [5.74, 6) is 1.67. The van der Waals surface area contributed by atoms with Crippen molar-refractivity contribution < 1.29 is 0 Å². The van der Waals surface area contributed by atoms with Crippen molar-refractivity contribution in [2.45, 2.75) is 53.4 Å². The third-order valence-electron chi connectivity index (χ3n) is 8.46. The van der Waals surface area contributed by atoms with Gasteiger partial charge in [0.1, 0.15) is 5.82 Å². The van der Waals surface area contributed by atoms with E-state index in [1.165, 1.54) is 59.2 Å². The molecule has 208 valence electrons. The predicted molar refractivity (Wildman–Crippen MR) is 182 cm³/mol. The van der Waals surface area contributed by atoms with Gasteiger partial charge in [-0.2, -0.15) is 0 Å². The maximum absolute atomic E-state index is 5.31. The summed E-state index contributed by atoms with van der Waals surface area (Å²) in [5.41, 5.74) is 12.4. The molecule has 0 saturated heterocycles. The third kappa shape index (κ3) is 4.35. The number of thiophene rings is 1. The Morgan fingerprint density at radius 2 is 1.33 bits per heavy atom. The molecule has 7 aromatic rings. The van der Waals surface area contributed by atoms with Crippen LogP contribution in [0.25, 0.3) is 59.4 Å². The smallest absolute Gasteiger partial charge is 0.145 e. The monoisotopic (exact) mass is 564 g/mol. The molecule has 5 aromatic carbocycles. The number of aryl methyl sites for hydroxylation is 2. The second-order valence-electron chi connectivity index (χ2n) is 12.2. The van der Waals surface area contributed by atoms with Gasteiger partial charge in [-0.1, -0.05) is 81.8 Å². The molecule has 0 amide bonds. The van der Waals surface area contributed by atoms with Crippen LogP contribution in [0.1, 0.15) is 61.8 Å². The van der Waals surface area contributed by atoms with Gasteiger partial charge in [0.05, 0.1) is 16.7 Å². The normalized spacial score (nSPS) is 12.0. The van der Waals surface area contributed by atoms with Crippen molar-refractivity contribution in [1.82, 2.24) is 9.55 Å². The van der Waals surface area contributed by atoms with E-state index in [4.69, 9.17) is 4.98 Å². The van der Waals surface area contributed by atoms with Crippen LogP contribution >= 0.6 is 11.3 Å². The quantitative estimate of drug-likeness (QED) is 0.203. The Bertz CT molecular complexity index is 2080. The van der Waals surface area contributed by atoms with Crippen molar-refractivity contribution in [3.63, 3.8) is 0 Å². The predicted octanol–water partition coefficient (Wildman–Crippen LogP) is 11.6. The maximum Gasteiger partial charge on any atom is 0.145 e. The van der Waals surface area contributed by atoms with Crippen molar-refractivity contribution >= 4 is 42.5 Å². The number of aromatic nitrogens is 2. The van der Waals surface area contributed by atoms with Crippen molar-refractivity contribution in [3.8, 4) is 28.2 Å². The fourth-order valence-corrected chi connectivity index (χ4v) is 7.56.